The van der Waals surface area contributed by atoms with Crippen molar-refractivity contribution < 1.29 is 14.0 Å². The number of likely N-dealkylation sites (tertiary alicyclic amines) is 2. The van der Waals surface area contributed by atoms with Crippen LogP contribution in [0.4, 0.5) is 0 Å². The number of aromatic nitrogens is 1. The van der Waals surface area contributed by atoms with Crippen LogP contribution in [0.15, 0.2) is 46.9 Å². The predicted octanol–water partition coefficient (Wildman–Crippen LogP) is 5.45. The molecule has 0 aliphatic carbocycles. The van der Waals surface area contributed by atoms with Crippen LogP contribution in [-0.2, 0) is 4.79 Å². The van der Waals surface area contributed by atoms with Gasteiger partial charge in [0.15, 0.2) is 5.58 Å². The number of hydrogen-bond donors (Lipinski definition) is 0. The molecule has 2 amide bonds. The molecule has 0 spiro atoms. The molecule has 6 heteroatoms. The number of carbonyl (C=O) groups is 2. The van der Waals surface area contributed by atoms with Crippen LogP contribution in [-0.4, -0.2) is 52.8 Å². The second-order valence-corrected chi connectivity index (χ2v) is 9.80. The lowest BCUT2D eigenvalue weighted by molar-refractivity contribution is -0.132. The molecule has 178 valence electrons. The third-order valence-electron chi connectivity index (χ3n) is 7.26. The van der Waals surface area contributed by atoms with E-state index < -0.39 is 0 Å². The van der Waals surface area contributed by atoms with Crippen LogP contribution in [0.3, 0.4) is 0 Å². The first kappa shape index (κ1) is 22.6. The second kappa shape index (κ2) is 10.00. The van der Waals surface area contributed by atoms with Gasteiger partial charge in [-0.1, -0.05) is 30.5 Å². The van der Waals surface area contributed by atoms with E-state index in [9.17, 15) is 9.59 Å². The fourth-order valence-corrected chi connectivity index (χ4v) is 5.10. The fourth-order valence-electron chi connectivity index (χ4n) is 5.10. The minimum absolute atomic E-state index is 0.0208. The van der Waals surface area contributed by atoms with Gasteiger partial charge in [-0.2, -0.15) is 0 Å². The van der Waals surface area contributed by atoms with Crippen molar-refractivity contribution >= 4 is 22.9 Å². The Hall–Kier alpha value is -3.15. The average molecular weight is 460 g/mol. The van der Waals surface area contributed by atoms with Gasteiger partial charge in [0.05, 0.1) is 0 Å². The number of piperidine rings is 1. The largest absolute Gasteiger partial charge is 0.436 e. The lowest BCUT2D eigenvalue weighted by atomic mass is 9.92. The third-order valence-corrected chi connectivity index (χ3v) is 7.26. The normalized spacial score (nSPS) is 17.7. The van der Waals surface area contributed by atoms with Crippen LogP contribution < -0.4 is 0 Å². The van der Waals surface area contributed by atoms with Crippen molar-refractivity contribution in [2.24, 2.45) is 5.92 Å². The molecule has 0 N–H and O–H groups in total. The molecule has 3 heterocycles. The summed E-state index contributed by atoms with van der Waals surface area (Å²) in [7, 11) is 0. The van der Waals surface area contributed by atoms with E-state index in [-0.39, 0.29) is 5.91 Å². The van der Waals surface area contributed by atoms with E-state index >= 15 is 0 Å². The lowest BCUT2D eigenvalue weighted by Crippen LogP contribution is -2.40. The van der Waals surface area contributed by atoms with Gasteiger partial charge >= 0.3 is 0 Å². The molecule has 0 radical (unpaired) electrons. The Labute approximate surface area is 200 Å². The van der Waals surface area contributed by atoms with Crippen LogP contribution in [0, 0.1) is 12.8 Å². The van der Waals surface area contributed by atoms with Gasteiger partial charge in [0.1, 0.15) is 5.52 Å². The Bertz CT molecular complexity index is 1150. The zero-order valence-corrected chi connectivity index (χ0v) is 20.0. The quantitative estimate of drug-likeness (QED) is 0.520. The van der Waals surface area contributed by atoms with Gasteiger partial charge in [-0.05, 0) is 68.9 Å². The summed E-state index contributed by atoms with van der Waals surface area (Å²) in [6, 6.07) is 13.5. The molecule has 2 aromatic carbocycles. The van der Waals surface area contributed by atoms with Crippen molar-refractivity contribution in [3.63, 3.8) is 0 Å². The number of rotatable bonds is 4. The van der Waals surface area contributed by atoms with E-state index in [1.54, 1.807) is 6.07 Å². The number of aryl methyl sites for hydroxylation is 1. The number of hydrogen-bond acceptors (Lipinski definition) is 4. The molecule has 0 saturated carbocycles. The van der Waals surface area contributed by atoms with E-state index in [4.69, 9.17) is 4.42 Å². The summed E-state index contributed by atoms with van der Waals surface area (Å²) < 4.78 is 5.98. The van der Waals surface area contributed by atoms with Crippen molar-refractivity contribution in [1.29, 1.82) is 0 Å². The zero-order valence-electron chi connectivity index (χ0n) is 20.0. The van der Waals surface area contributed by atoms with Crippen LogP contribution in [0.5, 0.6) is 0 Å². The highest BCUT2D eigenvalue weighted by Crippen LogP contribution is 2.27. The highest BCUT2D eigenvalue weighted by molar-refractivity contribution is 5.97. The first-order chi connectivity index (χ1) is 16.6. The zero-order chi connectivity index (χ0) is 23.5. The van der Waals surface area contributed by atoms with Gasteiger partial charge in [0, 0.05) is 43.7 Å². The summed E-state index contributed by atoms with van der Waals surface area (Å²) in [5.41, 5.74) is 4.10. The molecule has 2 aliphatic rings. The number of fused-ring (bicyclic) bond motifs is 1. The van der Waals surface area contributed by atoms with Crippen molar-refractivity contribution in [3.05, 3.63) is 53.6 Å². The Morgan fingerprint density at radius 1 is 0.912 bits per heavy atom. The molecule has 3 aromatic rings. The molecule has 1 aromatic heterocycles. The van der Waals surface area contributed by atoms with Crippen molar-refractivity contribution in [1.82, 2.24) is 14.8 Å². The summed E-state index contributed by atoms with van der Waals surface area (Å²) >= 11 is 0. The smallest absolute Gasteiger partial charge is 0.253 e. The maximum absolute atomic E-state index is 13.2. The first-order valence-electron chi connectivity index (χ1n) is 12.6. The van der Waals surface area contributed by atoms with Crippen LogP contribution in [0.25, 0.3) is 22.6 Å². The van der Waals surface area contributed by atoms with Crippen molar-refractivity contribution in [2.75, 3.05) is 26.2 Å². The van der Waals surface area contributed by atoms with E-state index in [0.717, 1.165) is 49.9 Å². The monoisotopic (exact) mass is 459 g/mol. The lowest BCUT2D eigenvalue weighted by Gasteiger charge is -2.33. The third kappa shape index (κ3) is 5.01. The van der Waals surface area contributed by atoms with E-state index in [1.165, 1.54) is 18.4 Å². The van der Waals surface area contributed by atoms with Crippen molar-refractivity contribution in [3.8, 4) is 11.5 Å². The number of amides is 2. The molecular formula is C28H33N3O3. The van der Waals surface area contributed by atoms with Gasteiger partial charge in [0.25, 0.3) is 5.91 Å². The fraction of sp³-hybridized carbons (Fsp3) is 0.464. The number of benzene rings is 2. The summed E-state index contributed by atoms with van der Waals surface area (Å²) in [6.07, 6.45) is 7.10. The first-order valence-corrected chi connectivity index (χ1v) is 12.6. The minimum atomic E-state index is 0.0208. The van der Waals surface area contributed by atoms with Crippen LogP contribution in [0.2, 0.25) is 0 Å². The Kier molecular flexibility index (Phi) is 6.66. The number of carbonyl (C=O) groups excluding carboxylic acids is 2. The Morgan fingerprint density at radius 3 is 2.32 bits per heavy atom. The average Bonchev–Trinajstić information content (AvgIpc) is 3.09. The molecule has 0 atom stereocenters. The molecule has 5 rings (SSSR count). The molecule has 6 nitrogen and oxygen atoms in total. The molecule has 0 bridgehead atoms. The summed E-state index contributed by atoms with van der Waals surface area (Å²) in [5, 5.41) is 0. The Morgan fingerprint density at radius 2 is 1.62 bits per heavy atom. The van der Waals surface area contributed by atoms with E-state index in [2.05, 4.69) is 9.88 Å². The van der Waals surface area contributed by atoms with Gasteiger partial charge in [-0.3, -0.25) is 9.59 Å². The second-order valence-electron chi connectivity index (χ2n) is 9.80. The van der Waals surface area contributed by atoms with Crippen molar-refractivity contribution in [2.45, 2.75) is 51.9 Å². The highest BCUT2D eigenvalue weighted by Gasteiger charge is 2.27. The molecule has 0 unspecified atom stereocenters. The van der Waals surface area contributed by atoms with Gasteiger partial charge in [0.2, 0.25) is 11.8 Å². The van der Waals surface area contributed by atoms with Gasteiger partial charge in [-0.25, -0.2) is 4.98 Å². The van der Waals surface area contributed by atoms with E-state index in [0.29, 0.717) is 48.4 Å². The highest BCUT2D eigenvalue weighted by atomic mass is 16.3. The number of nitrogens with zero attached hydrogens (tertiary/aromatic N) is 3. The molecular weight excluding hydrogens is 426 g/mol. The van der Waals surface area contributed by atoms with Crippen LogP contribution in [0.1, 0.15) is 60.9 Å². The summed E-state index contributed by atoms with van der Waals surface area (Å²) in [6.45, 7) is 5.25. The van der Waals surface area contributed by atoms with Gasteiger partial charge in [-0.15, -0.1) is 0 Å². The predicted molar refractivity (Wildman–Crippen MR) is 132 cm³/mol. The summed E-state index contributed by atoms with van der Waals surface area (Å²) in [4.78, 5) is 34.4. The molecule has 2 saturated heterocycles. The Balaban J connectivity index is 1.20. The SMILES string of the molecule is Cc1ccc(-c2nc3ccc(C(=O)N4CCC(CC(=O)N5CCCCCC5)CC4)cc3o2)cc1. The van der Waals surface area contributed by atoms with E-state index in [1.807, 2.05) is 48.2 Å². The summed E-state index contributed by atoms with van der Waals surface area (Å²) in [5.74, 6) is 1.25. The van der Waals surface area contributed by atoms with Gasteiger partial charge < -0.3 is 14.2 Å². The maximum atomic E-state index is 13.2. The standard InChI is InChI=1S/C28H33N3O3/c1-20-6-8-22(9-7-20)27-29-24-11-10-23(19-25(24)34-27)28(33)31-16-12-21(13-17-31)18-26(32)30-14-4-2-3-5-15-30/h6-11,19,21H,2-5,12-18H2,1H3. The molecule has 34 heavy (non-hydrogen) atoms. The minimum Gasteiger partial charge on any atom is -0.436 e. The van der Waals surface area contributed by atoms with Crippen LogP contribution >= 0.6 is 0 Å². The number of oxazole rings is 1. The molecule has 2 aliphatic heterocycles. The maximum Gasteiger partial charge on any atom is 0.253 e. The molecule has 2 fully saturated rings. The topological polar surface area (TPSA) is 66.7 Å².